The summed E-state index contributed by atoms with van der Waals surface area (Å²) in [6.45, 7) is 0.501. The molecule has 0 aliphatic carbocycles. The Bertz CT molecular complexity index is 1270. The van der Waals surface area contributed by atoms with Crippen molar-refractivity contribution in [3.63, 3.8) is 0 Å². The van der Waals surface area contributed by atoms with Crippen LogP contribution in [0.25, 0.3) is 0 Å². The number of amides is 2. The van der Waals surface area contributed by atoms with Gasteiger partial charge in [0.05, 0.1) is 12.2 Å². The Balaban J connectivity index is 1.29. The van der Waals surface area contributed by atoms with Crippen molar-refractivity contribution in [3.8, 4) is 0 Å². The predicted molar refractivity (Wildman–Crippen MR) is 139 cm³/mol. The van der Waals surface area contributed by atoms with Crippen molar-refractivity contribution >= 4 is 63.2 Å². The summed E-state index contributed by atoms with van der Waals surface area (Å²) in [6, 6.07) is 18.6. The van der Waals surface area contributed by atoms with Crippen LogP contribution in [-0.2, 0) is 21.9 Å². The third kappa shape index (κ3) is 4.94. The second-order valence-electron chi connectivity index (χ2n) is 7.86. The fraction of sp³-hybridized carbons (Fsp3) is 0.200. The molecule has 5 rings (SSSR count). The van der Waals surface area contributed by atoms with Gasteiger partial charge >= 0.3 is 0 Å². The lowest BCUT2D eigenvalue weighted by atomic mass is 10.1. The van der Waals surface area contributed by atoms with Crippen LogP contribution >= 0.6 is 34.7 Å². The largest absolute Gasteiger partial charge is 0.351 e. The van der Waals surface area contributed by atoms with Gasteiger partial charge in [-0.05, 0) is 47.7 Å². The van der Waals surface area contributed by atoms with Crippen LogP contribution < -0.4 is 5.32 Å². The number of thiophene rings is 1. The van der Waals surface area contributed by atoms with Crippen molar-refractivity contribution in [2.75, 3.05) is 0 Å². The zero-order chi connectivity index (χ0) is 23.5. The number of fused-ring (bicyclic) bond motifs is 3. The van der Waals surface area contributed by atoms with E-state index in [0.29, 0.717) is 34.7 Å². The molecule has 0 bridgehead atoms. The molecule has 1 atom stereocenters. The van der Waals surface area contributed by atoms with Gasteiger partial charge < -0.3 is 5.32 Å². The maximum Gasteiger partial charge on any atom is 0.259 e. The first-order valence-electron chi connectivity index (χ1n) is 10.8. The van der Waals surface area contributed by atoms with Crippen LogP contribution in [0.2, 0.25) is 5.02 Å². The van der Waals surface area contributed by atoms with Crippen molar-refractivity contribution in [1.82, 2.24) is 10.2 Å². The number of thioether (sulfide) groups is 1. The molecule has 2 aliphatic rings. The molecule has 0 spiro atoms. The van der Waals surface area contributed by atoms with Gasteiger partial charge in [-0.15, -0.1) is 11.3 Å². The monoisotopic (exact) mass is 508 g/mol. The fourth-order valence-corrected chi connectivity index (χ4v) is 5.50. The number of amidine groups is 2. The van der Waals surface area contributed by atoms with E-state index >= 15 is 0 Å². The molecule has 6 nitrogen and oxygen atoms in total. The SMILES string of the molecule is O=C(CCC1N=C2c3ccccc3N=C(SCc3ccc(Cl)cc3)N2C1=O)NCc1cccs1. The van der Waals surface area contributed by atoms with Gasteiger partial charge in [-0.3, -0.25) is 14.6 Å². The molecule has 3 aromatic rings. The molecule has 2 aromatic carbocycles. The minimum absolute atomic E-state index is 0.0855. The summed E-state index contributed by atoms with van der Waals surface area (Å²) in [5.41, 5.74) is 2.70. The minimum Gasteiger partial charge on any atom is -0.351 e. The number of carbonyl (C=O) groups excluding carboxylic acids is 2. The van der Waals surface area contributed by atoms with Gasteiger partial charge in [0.15, 0.2) is 5.17 Å². The molecule has 9 heteroatoms. The minimum atomic E-state index is -0.602. The molecule has 0 saturated carbocycles. The molecule has 172 valence electrons. The smallest absolute Gasteiger partial charge is 0.259 e. The number of hydrogen-bond donors (Lipinski definition) is 1. The fourth-order valence-electron chi connectivity index (χ4n) is 3.77. The van der Waals surface area contributed by atoms with E-state index in [1.54, 1.807) is 16.2 Å². The Morgan fingerprint density at radius 1 is 1.12 bits per heavy atom. The third-order valence-corrected chi connectivity index (χ3v) is 7.65. The van der Waals surface area contributed by atoms with Crippen molar-refractivity contribution in [2.45, 2.75) is 31.2 Å². The molecule has 0 fully saturated rings. The van der Waals surface area contributed by atoms with Gasteiger partial charge in [0, 0.05) is 27.6 Å². The number of hydrogen-bond acceptors (Lipinski definition) is 6. The van der Waals surface area contributed by atoms with Gasteiger partial charge in [0.1, 0.15) is 11.9 Å². The van der Waals surface area contributed by atoms with E-state index in [2.05, 4.69) is 5.32 Å². The number of nitrogens with zero attached hydrogens (tertiary/aromatic N) is 3. The second-order valence-corrected chi connectivity index (χ2v) is 10.3. The summed E-state index contributed by atoms with van der Waals surface area (Å²) in [5, 5.41) is 6.18. The second kappa shape index (κ2) is 10.1. The van der Waals surface area contributed by atoms with Gasteiger partial charge in [-0.25, -0.2) is 9.89 Å². The molecule has 0 radical (unpaired) electrons. The summed E-state index contributed by atoms with van der Waals surface area (Å²) in [4.78, 5) is 37.9. The highest BCUT2D eigenvalue weighted by Gasteiger charge is 2.41. The zero-order valence-corrected chi connectivity index (χ0v) is 20.5. The number of rotatable bonds is 7. The summed E-state index contributed by atoms with van der Waals surface area (Å²) in [7, 11) is 0. The first kappa shape index (κ1) is 22.8. The molecule has 2 aliphatic heterocycles. The molecule has 1 unspecified atom stereocenters. The number of halogens is 1. The van der Waals surface area contributed by atoms with Crippen LogP contribution in [0.1, 0.15) is 28.8 Å². The van der Waals surface area contributed by atoms with E-state index in [1.807, 2.05) is 66.0 Å². The Kier molecular flexibility index (Phi) is 6.80. The molecule has 0 saturated heterocycles. The lowest BCUT2D eigenvalue weighted by Crippen LogP contribution is -2.41. The van der Waals surface area contributed by atoms with E-state index in [-0.39, 0.29) is 18.2 Å². The van der Waals surface area contributed by atoms with E-state index in [0.717, 1.165) is 21.7 Å². The van der Waals surface area contributed by atoms with Crippen LogP contribution in [0, 0.1) is 0 Å². The van der Waals surface area contributed by atoms with Crippen molar-refractivity contribution < 1.29 is 9.59 Å². The van der Waals surface area contributed by atoms with Crippen LogP contribution in [0.5, 0.6) is 0 Å². The Morgan fingerprint density at radius 2 is 1.94 bits per heavy atom. The Morgan fingerprint density at radius 3 is 2.74 bits per heavy atom. The highest BCUT2D eigenvalue weighted by molar-refractivity contribution is 8.13. The maximum absolute atomic E-state index is 13.3. The molecular weight excluding hydrogens is 488 g/mol. The van der Waals surface area contributed by atoms with Gasteiger partial charge in [-0.1, -0.05) is 53.7 Å². The molecule has 1 N–H and O–H groups in total. The predicted octanol–water partition coefficient (Wildman–Crippen LogP) is 5.39. The van der Waals surface area contributed by atoms with Crippen LogP contribution in [0.3, 0.4) is 0 Å². The lowest BCUT2D eigenvalue weighted by Gasteiger charge is -2.25. The summed E-state index contributed by atoms with van der Waals surface area (Å²) in [6.07, 6.45) is 0.588. The van der Waals surface area contributed by atoms with Crippen LogP contribution in [0.15, 0.2) is 76.0 Å². The Labute approximate surface area is 210 Å². The number of carbonyl (C=O) groups is 2. The van der Waals surface area contributed by atoms with Gasteiger partial charge in [0.25, 0.3) is 5.91 Å². The molecule has 2 amide bonds. The Hall–Kier alpha value is -2.94. The summed E-state index contributed by atoms with van der Waals surface area (Å²) < 4.78 is 0. The highest BCUT2D eigenvalue weighted by atomic mass is 35.5. The van der Waals surface area contributed by atoms with Crippen molar-refractivity contribution in [3.05, 3.63) is 87.1 Å². The van der Waals surface area contributed by atoms with E-state index in [1.165, 1.54) is 11.8 Å². The number of benzene rings is 2. The topological polar surface area (TPSA) is 74.1 Å². The number of para-hydroxylation sites is 1. The average molecular weight is 509 g/mol. The zero-order valence-electron chi connectivity index (χ0n) is 18.1. The molecule has 3 heterocycles. The molecule has 1 aromatic heterocycles. The van der Waals surface area contributed by atoms with Gasteiger partial charge in [0.2, 0.25) is 5.91 Å². The third-order valence-electron chi connectivity index (χ3n) is 5.51. The van der Waals surface area contributed by atoms with Crippen molar-refractivity contribution in [1.29, 1.82) is 0 Å². The highest BCUT2D eigenvalue weighted by Crippen LogP contribution is 2.35. The van der Waals surface area contributed by atoms with Gasteiger partial charge in [-0.2, -0.15) is 0 Å². The first-order valence-corrected chi connectivity index (χ1v) is 13.1. The van der Waals surface area contributed by atoms with E-state index < -0.39 is 6.04 Å². The van der Waals surface area contributed by atoms with E-state index in [9.17, 15) is 9.59 Å². The average Bonchev–Trinajstić information content (AvgIpc) is 3.49. The quantitative estimate of drug-likeness (QED) is 0.465. The molecular formula is C25H21ClN4O2S2. The first-order chi connectivity index (χ1) is 16.6. The summed E-state index contributed by atoms with van der Waals surface area (Å²) in [5.74, 6) is 1.03. The normalized spacial score (nSPS) is 16.6. The standard InChI is InChI=1S/C25H21ClN4O2S2/c26-17-9-7-16(8-10-17)15-34-25-29-20-6-2-1-5-19(20)23-28-21(24(32)30(23)25)11-12-22(31)27-14-18-4-3-13-33-18/h1-10,13,21H,11-12,14-15H2,(H,27,31). The van der Waals surface area contributed by atoms with Crippen molar-refractivity contribution in [2.24, 2.45) is 9.98 Å². The number of nitrogens with one attached hydrogen (secondary N) is 1. The summed E-state index contributed by atoms with van der Waals surface area (Å²) >= 11 is 9.08. The maximum atomic E-state index is 13.3. The van der Waals surface area contributed by atoms with Crippen LogP contribution in [0.4, 0.5) is 5.69 Å². The number of aliphatic imine (C=N–C) groups is 2. The van der Waals surface area contributed by atoms with Crippen LogP contribution in [-0.4, -0.2) is 33.8 Å². The lowest BCUT2D eigenvalue weighted by molar-refractivity contribution is -0.125. The molecule has 34 heavy (non-hydrogen) atoms. The van der Waals surface area contributed by atoms with E-state index in [4.69, 9.17) is 21.6 Å².